The minimum absolute atomic E-state index is 0.782. The summed E-state index contributed by atoms with van der Waals surface area (Å²) in [5.41, 5.74) is 2.59. The van der Waals surface area contributed by atoms with Crippen LogP contribution in [0.4, 0.5) is 0 Å². The number of benzene rings is 1. The Morgan fingerprint density at radius 2 is 1.80 bits per heavy atom. The Morgan fingerprint density at radius 1 is 1.08 bits per heavy atom. The molecular formula is C19H31N3O3. The second kappa shape index (κ2) is 10.1. The van der Waals surface area contributed by atoms with Crippen molar-refractivity contribution < 1.29 is 14.2 Å². The lowest BCUT2D eigenvalue weighted by atomic mass is 9.99. The molecule has 140 valence electrons. The van der Waals surface area contributed by atoms with Gasteiger partial charge in [0.15, 0.2) is 17.5 Å². The van der Waals surface area contributed by atoms with E-state index < -0.39 is 0 Å². The van der Waals surface area contributed by atoms with Crippen molar-refractivity contribution in [2.45, 2.75) is 32.2 Å². The molecule has 6 nitrogen and oxygen atoms in total. The summed E-state index contributed by atoms with van der Waals surface area (Å²) in [7, 11) is 6.95. The standard InChI is InChI=1S/C19H31N3O3/c1-20-19(21-9-6-5-7-11-23-2)22-10-8-15-12-17(24-3)18(25-4)13-16(15)14-22/h12-13H,5-11,14H2,1-4H3,(H,20,21). The van der Waals surface area contributed by atoms with E-state index in [1.807, 2.05) is 7.05 Å². The van der Waals surface area contributed by atoms with E-state index in [9.17, 15) is 0 Å². The molecule has 1 aromatic rings. The van der Waals surface area contributed by atoms with Crippen LogP contribution in [0.1, 0.15) is 30.4 Å². The molecule has 0 atom stereocenters. The van der Waals surface area contributed by atoms with Gasteiger partial charge in [0.1, 0.15) is 0 Å². The fourth-order valence-electron chi connectivity index (χ4n) is 3.14. The van der Waals surface area contributed by atoms with Gasteiger partial charge in [0.05, 0.1) is 14.2 Å². The van der Waals surface area contributed by atoms with Gasteiger partial charge in [-0.1, -0.05) is 0 Å². The van der Waals surface area contributed by atoms with Crippen molar-refractivity contribution in [3.05, 3.63) is 23.3 Å². The zero-order chi connectivity index (χ0) is 18.1. The molecule has 0 unspecified atom stereocenters. The van der Waals surface area contributed by atoms with Gasteiger partial charge in [0.25, 0.3) is 0 Å². The second-order valence-electron chi connectivity index (χ2n) is 6.17. The Kier molecular flexibility index (Phi) is 7.85. The van der Waals surface area contributed by atoms with Crippen LogP contribution < -0.4 is 14.8 Å². The highest BCUT2D eigenvalue weighted by atomic mass is 16.5. The summed E-state index contributed by atoms with van der Waals surface area (Å²) in [6.45, 7) is 3.56. The number of nitrogens with one attached hydrogen (secondary N) is 1. The van der Waals surface area contributed by atoms with E-state index in [0.29, 0.717) is 0 Å². The van der Waals surface area contributed by atoms with Gasteiger partial charge in [-0.25, -0.2) is 0 Å². The SMILES string of the molecule is CN=C(NCCCCCOC)N1CCc2cc(OC)c(OC)cc2C1. The lowest BCUT2D eigenvalue weighted by Crippen LogP contribution is -2.44. The first-order valence-electron chi connectivity index (χ1n) is 8.91. The van der Waals surface area contributed by atoms with Crippen molar-refractivity contribution in [2.75, 3.05) is 48.1 Å². The molecule has 6 heteroatoms. The molecule has 0 amide bonds. The highest BCUT2D eigenvalue weighted by Crippen LogP contribution is 2.33. The Hall–Kier alpha value is -1.95. The van der Waals surface area contributed by atoms with Gasteiger partial charge in [-0.2, -0.15) is 0 Å². The molecule has 1 N–H and O–H groups in total. The molecule has 0 aromatic heterocycles. The molecule has 0 aliphatic carbocycles. The van der Waals surface area contributed by atoms with E-state index in [1.54, 1.807) is 21.3 Å². The molecular weight excluding hydrogens is 318 g/mol. The minimum Gasteiger partial charge on any atom is -0.493 e. The number of rotatable bonds is 8. The van der Waals surface area contributed by atoms with Crippen LogP contribution in [-0.4, -0.2) is 58.9 Å². The lowest BCUT2D eigenvalue weighted by molar-refractivity contribution is 0.192. The third-order valence-electron chi connectivity index (χ3n) is 4.54. The summed E-state index contributed by atoms with van der Waals surface area (Å²) in [5, 5.41) is 3.48. The quantitative estimate of drug-likeness (QED) is 0.444. The average molecular weight is 349 g/mol. The van der Waals surface area contributed by atoms with Crippen molar-refractivity contribution in [1.82, 2.24) is 10.2 Å². The summed E-state index contributed by atoms with van der Waals surface area (Å²) in [5.74, 6) is 2.55. The lowest BCUT2D eigenvalue weighted by Gasteiger charge is -2.32. The summed E-state index contributed by atoms with van der Waals surface area (Å²) < 4.78 is 15.9. The number of unbranched alkanes of at least 4 members (excludes halogenated alkanes) is 2. The van der Waals surface area contributed by atoms with Crippen LogP contribution in [0.5, 0.6) is 11.5 Å². The van der Waals surface area contributed by atoms with Crippen LogP contribution in [-0.2, 0) is 17.7 Å². The average Bonchev–Trinajstić information content (AvgIpc) is 2.66. The van der Waals surface area contributed by atoms with E-state index in [2.05, 4.69) is 27.3 Å². The van der Waals surface area contributed by atoms with Crippen LogP contribution in [0.3, 0.4) is 0 Å². The normalized spacial score (nSPS) is 14.2. The van der Waals surface area contributed by atoms with Gasteiger partial charge < -0.3 is 24.4 Å². The zero-order valence-corrected chi connectivity index (χ0v) is 15.9. The number of ether oxygens (including phenoxy) is 3. The molecule has 0 saturated heterocycles. The van der Waals surface area contributed by atoms with Gasteiger partial charge in [0.2, 0.25) is 0 Å². The Morgan fingerprint density at radius 3 is 2.44 bits per heavy atom. The van der Waals surface area contributed by atoms with E-state index in [0.717, 1.165) is 69.4 Å². The molecule has 1 aromatic carbocycles. The highest BCUT2D eigenvalue weighted by Gasteiger charge is 2.21. The van der Waals surface area contributed by atoms with Gasteiger partial charge in [-0.3, -0.25) is 4.99 Å². The predicted molar refractivity (Wildman–Crippen MR) is 101 cm³/mol. The summed E-state index contributed by atoms with van der Waals surface area (Å²) in [4.78, 5) is 6.74. The largest absolute Gasteiger partial charge is 0.493 e. The van der Waals surface area contributed by atoms with Crippen molar-refractivity contribution >= 4 is 5.96 Å². The Balaban J connectivity index is 1.93. The molecule has 0 saturated carbocycles. The maximum Gasteiger partial charge on any atom is 0.193 e. The summed E-state index contributed by atoms with van der Waals surface area (Å²) in [6, 6.07) is 4.18. The maximum atomic E-state index is 5.44. The number of nitrogens with zero attached hydrogens (tertiary/aromatic N) is 2. The summed E-state index contributed by atoms with van der Waals surface area (Å²) >= 11 is 0. The van der Waals surface area contributed by atoms with E-state index >= 15 is 0 Å². The van der Waals surface area contributed by atoms with Crippen LogP contribution in [0, 0.1) is 0 Å². The molecule has 0 spiro atoms. The third-order valence-corrected chi connectivity index (χ3v) is 4.54. The molecule has 0 radical (unpaired) electrons. The van der Waals surface area contributed by atoms with Crippen molar-refractivity contribution in [3.63, 3.8) is 0 Å². The number of methoxy groups -OCH3 is 3. The highest BCUT2D eigenvalue weighted by molar-refractivity contribution is 5.80. The topological polar surface area (TPSA) is 55.3 Å². The molecule has 0 bridgehead atoms. The number of fused-ring (bicyclic) bond motifs is 1. The first kappa shape index (κ1) is 19.4. The summed E-state index contributed by atoms with van der Waals surface area (Å²) in [6.07, 6.45) is 4.37. The van der Waals surface area contributed by atoms with Gasteiger partial charge in [-0.05, 0) is 48.9 Å². The Bertz CT molecular complexity index is 575. The minimum atomic E-state index is 0.782. The van der Waals surface area contributed by atoms with E-state index in [-0.39, 0.29) is 0 Å². The third kappa shape index (κ3) is 5.26. The molecule has 2 rings (SSSR count). The first-order chi connectivity index (χ1) is 12.2. The zero-order valence-electron chi connectivity index (χ0n) is 15.9. The maximum absolute atomic E-state index is 5.44. The van der Waals surface area contributed by atoms with Crippen molar-refractivity contribution in [3.8, 4) is 11.5 Å². The van der Waals surface area contributed by atoms with Crippen molar-refractivity contribution in [2.24, 2.45) is 4.99 Å². The fourth-order valence-corrected chi connectivity index (χ4v) is 3.14. The van der Waals surface area contributed by atoms with Crippen molar-refractivity contribution in [1.29, 1.82) is 0 Å². The van der Waals surface area contributed by atoms with Crippen LogP contribution in [0.2, 0.25) is 0 Å². The number of aliphatic imine (C=N–C) groups is 1. The van der Waals surface area contributed by atoms with E-state index in [1.165, 1.54) is 11.1 Å². The van der Waals surface area contributed by atoms with E-state index in [4.69, 9.17) is 14.2 Å². The number of hydrogen-bond donors (Lipinski definition) is 1. The van der Waals surface area contributed by atoms with Gasteiger partial charge in [0, 0.05) is 40.4 Å². The smallest absolute Gasteiger partial charge is 0.193 e. The van der Waals surface area contributed by atoms with Gasteiger partial charge >= 0.3 is 0 Å². The fraction of sp³-hybridized carbons (Fsp3) is 0.632. The number of hydrogen-bond acceptors (Lipinski definition) is 4. The van der Waals surface area contributed by atoms with Crippen LogP contribution in [0.25, 0.3) is 0 Å². The molecule has 1 aliphatic rings. The molecule has 1 aliphatic heterocycles. The molecule has 0 fully saturated rings. The van der Waals surface area contributed by atoms with Crippen LogP contribution >= 0.6 is 0 Å². The predicted octanol–water partition coefficient (Wildman–Crippen LogP) is 2.45. The monoisotopic (exact) mass is 349 g/mol. The molecule has 25 heavy (non-hydrogen) atoms. The Labute approximate surface area is 151 Å². The van der Waals surface area contributed by atoms with Crippen LogP contribution in [0.15, 0.2) is 17.1 Å². The first-order valence-corrected chi connectivity index (χ1v) is 8.91. The number of guanidine groups is 1. The second-order valence-corrected chi connectivity index (χ2v) is 6.17. The molecule has 1 heterocycles. The van der Waals surface area contributed by atoms with Gasteiger partial charge in [-0.15, -0.1) is 0 Å².